The molecule has 11 heteroatoms. The Morgan fingerprint density at radius 2 is 1.66 bits per heavy atom. The van der Waals surface area contributed by atoms with E-state index in [0.29, 0.717) is 12.8 Å². The predicted octanol–water partition coefficient (Wildman–Crippen LogP) is -0.673. The van der Waals surface area contributed by atoms with Crippen molar-refractivity contribution in [3.05, 3.63) is 0 Å². The van der Waals surface area contributed by atoms with Gasteiger partial charge in [0, 0.05) is 6.54 Å². The van der Waals surface area contributed by atoms with Crippen LogP contribution in [-0.4, -0.2) is 70.3 Å². The van der Waals surface area contributed by atoms with Crippen LogP contribution in [0.4, 0.5) is 0 Å². The van der Waals surface area contributed by atoms with Crippen LogP contribution in [0.2, 0.25) is 0 Å². The van der Waals surface area contributed by atoms with Gasteiger partial charge in [-0.3, -0.25) is 19.2 Å². The summed E-state index contributed by atoms with van der Waals surface area (Å²) in [6.07, 6.45) is 1.27. The van der Waals surface area contributed by atoms with E-state index >= 15 is 0 Å². The van der Waals surface area contributed by atoms with Crippen molar-refractivity contribution in [2.75, 3.05) is 6.54 Å². The molecular formula is C21H37N5O6. The molecule has 5 unspecified atom stereocenters. The van der Waals surface area contributed by atoms with Crippen molar-refractivity contribution in [2.45, 2.75) is 84.0 Å². The first kappa shape index (κ1) is 27.3. The molecule has 0 aromatic heterocycles. The Kier molecular flexibility index (Phi) is 10.6. The minimum Gasteiger partial charge on any atom is -0.480 e. The van der Waals surface area contributed by atoms with Crippen molar-refractivity contribution in [1.29, 1.82) is 0 Å². The van der Waals surface area contributed by atoms with E-state index in [9.17, 15) is 29.1 Å². The van der Waals surface area contributed by atoms with Gasteiger partial charge in [-0.1, -0.05) is 34.1 Å². The molecule has 0 radical (unpaired) electrons. The van der Waals surface area contributed by atoms with Crippen LogP contribution in [0.15, 0.2) is 0 Å². The minimum absolute atomic E-state index is 0.0335. The van der Waals surface area contributed by atoms with Crippen LogP contribution >= 0.6 is 0 Å². The molecule has 1 aliphatic rings. The summed E-state index contributed by atoms with van der Waals surface area (Å²) >= 11 is 0. The van der Waals surface area contributed by atoms with Gasteiger partial charge in [0.15, 0.2) is 0 Å². The number of nitrogens with one attached hydrogen (secondary N) is 2. The lowest BCUT2D eigenvalue weighted by Crippen LogP contribution is -2.58. The highest BCUT2D eigenvalue weighted by atomic mass is 16.4. The van der Waals surface area contributed by atoms with Crippen molar-refractivity contribution in [1.82, 2.24) is 15.5 Å². The summed E-state index contributed by atoms with van der Waals surface area (Å²) < 4.78 is 0. The Morgan fingerprint density at radius 1 is 1.06 bits per heavy atom. The molecule has 1 saturated heterocycles. The molecule has 1 heterocycles. The predicted molar refractivity (Wildman–Crippen MR) is 117 cm³/mol. The Labute approximate surface area is 188 Å². The van der Waals surface area contributed by atoms with E-state index in [2.05, 4.69) is 10.6 Å². The second-order valence-corrected chi connectivity index (χ2v) is 8.86. The number of carboxylic acids is 1. The second kappa shape index (κ2) is 12.4. The summed E-state index contributed by atoms with van der Waals surface area (Å²) in [4.78, 5) is 62.6. The van der Waals surface area contributed by atoms with Crippen molar-refractivity contribution in [3.63, 3.8) is 0 Å². The normalized spacial score (nSPS) is 19.7. The van der Waals surface area contributed by atoms with Crippen LogP contribution in [0.5, 0.6) is 0 Å². The molecule has 0 aromatic rings. The van der Waals surface area contributed by atoms with Gasteiger partial charge in [0.05, 0.1) is 12.5 Å². The Bertz CT molecular complexity index is 713. The van der Waals surface area contributed by atoms with Gasteiger partial charge in [0.2, 0.25) is 23.6 Å². The molecule has 4 amide bonds. The zero-order chi connectivity index (χ0) is 24.6. The highest BCUT2D eigenvalue weighted by Crippen LogP contribution is 2.19. The fourth-order valence-corrected chi connectivity index (χ4v) is 3.64. The summed E-state index contributed by atoms with van der Waals surface area (Å²) in [5.74, 6) is -3.86. The van der Waals surface area contributed by atoms with Crippen LogP contribution in [0.25, 0.3) is 0 Å². The number of hydrogen-bond acceptors (Lipinski definition) is 6. The van der Waals surface area contributed by atoms with Crippen LogP contribution in [0, 0.1) is 11.8 Å². The van der Waals surface area contributed by atoms with Crippen molar-refractivity contribution < 1.29 is 29.1 Å². The summed E-state index contributed by atoms with van der Waals surface area (Å²) in [7, 11) is 0. The van der Waals surface area contributed by atoms with E-state index < -0.39 is 60.2 Å². The zero-order valence-electron chi connectivity index (χ0n) is 19.3. The van der Waals surface area contributed by atoms with E-state index in [1.807, 2.05) is 27.7 Å². The molecule has 182 valence electrons. The molecule has 11 nitrogen and oxygen atoms in total. The van der Waals surface area contributed by atoms with Crippen molar-refractivity contribution >= 4 is 29.6 Å². The fourth-order valence-electron chi connectivity index (χ4n) is 3.64. The Morgan fingerprint density at radius 3 is 2.16 bits per heavy atom. The number of nitrogens with zero attached hydrogens (tertiary/aromatic N) is 1. The number of carboxylic acid groups (broad SMARTS) is 1. The van der Waals surface area contributed by atoms with Crippen LogP contribution < -0.4 is 22.1 Å². The highest BCUT2D eigenvalue weighted by molar-refractivity contribution is 5.96. The first-order valence-corrected chi connectivity index (χ1v) is 11.1. The molecule has 0 aromatic carbocycles. The van der Waals surface area contributed by atoms with Gasteiger partial charge in [-0.15, -0.1) is 0 Å². The molecule has 7 N–H and O–H groups in total. The number of hydrogen-bond donors (Lipinski definition) is 5. The fraction of sp³-hybridized carbons (Fsp3) is 0.762. The summed E-state index contributed by atoms with van der Waals surface area (Å²) in [5, 5.41) is 14.5. The highest BCUT2D eigenvalue weighted by Gasteiger charge is 2.39. The monoisotopic (exact) mass is 455 g/mol. The van der Waals surface area contributed by atoms with E-state index in [1.165, 1.54) is 0 Å². The molecule has 1 rings (SSSR count). The smallest absolute Gasteiger partial charge is 0.326 e. The van der Waals surface area contributed by atoms with Gasteiger partial charge in [-0.05, 0) is 31.1 Å². The van der Waals surface area contributed by atoms with E-state index in [0.717, 1.165) is 4.90 Å². The maximum Gasteiger partial charge on any atom is 0.326 e. The second-order valence-electron chi connectivity index (χ2n) is 8.86. The number of carbonyl (C=O) groups is 5. The first-order chi connectivity index (χ1) is 14.9. The Balaban J connectivity index is 3.02. The van der Waals surface area contributed by atoms with Gasteiger partial charge >= 0.3 is 5.97 Å². The summed E-state index contributed by atoms with van der Waals surface area (Å²) in [6, 6.07) is -4.12. The first-order valence-electron chi connectivity index (χ1n) is 11.1. The lowest BCUT2D eigenvalue weighted by Gasteiger charge is -2.29. The quantitative estimate of drug-likeness (QED) is 0.258. The molecular weight excluding hydrogens is 418 g/mol. The average molecular weight is 456 g/mol. The van der Waals surface area contributed by atoms with Crippen LogP contribution in [0.3, 0.4) is 0 Å². The van der Waals surface area contributed by atoms with Crippen molar-refractivity contribution in [3.8, 4) is 0 Å². The van der Waals surface area contributed by atoms with E-state index in [4.69, 9.17) is 11.5 Å². The molecule has 32 heavy (non-hydrogen) atoms. The van der Waals surface area contributed by atoms with Gasteiger partial charge in [-0.2, -0.15) is 0 Å². The molecule has 0 spiro atoms. The van der Waals surface area contributed by atoms with Crippen LogP contribution in [-0.2, 0) is 24.0 Å². The zero-order valence-corrected chi connectivity index (χ0v) is 19.3. The molecule has 1 aliphatic heterocycles. The SMILES string of the molecule is CCC(C)C(N)C(=O)NC(CC(C)C)C(=O)NC(CC(N)=O)C(=O)N1CCCC1C(=O)O. The topological polar surface area (TPSA) is 185 Å². The molecule has 1 fully saturated rings. The van der Waals surface area contributed by atoms with Gasteiger partial charge in [0.1, 0.15) is 18.1 Å². The molecule has 5 atom stereocenters. The number of amides is 4. The minimum atomic E-state index is -1.32. The third-order valence-corrected chi connectivity index (χ3v) is 5.74. The average Bonchev–Trinajstić information content (AvgIpc) is 3.20. The number of primary amides is 1. The number of nitrogens with two attached hydrogens (primary N) is 2. The molecule has 0 bridgehead atoms. The standard InChI is InChI=1S/C21H37N5O6/c1-5-12(4)17(23)19(29)24-13(9-11(2)3)18(28)25-14(10-16(22)27)20(30)26-8-6-7-15(26)21(31)32/h11-15,17H,5-10,23H2,1-4H3,(H2,22,27)(H,24,29)(H,25,28)(H,31,32). The maximum atomic E-state index is 13.0. The largest absolute Gasteiger partial charge is 0.480 e. The van der Waals surface area contributed by atoms with Crippen molar-refractivity contribution in [2.24, 2.45) is 23.3 Å². The number of rotatable bonds is 12. The molecule has 0 aliphatic carbocycles. The Hall–Kier alpha value is -2.69. The molecule has 0 saturated carbocycles. The van der Waals surface area contributed by atoms with Gasteiger partial charge in [0.25, 0.3) is 0 Å². The van der Waals surface area contributed by atoms with Gasteiger partial charge in [-0.25, -0.2) is 4.79 Å². The van der Waals surface area contributed by atoms with E-state index in [1.54, 1.807) is 0 Å². The summed E-state index contributed by atoms with van der Waals surface area (Å²) in [5.41, 5.74) is 11.2. The van der Waals surface area contributed by atoms with E-state index in [-0.39, 0.29) is 31.2 Å². The third-order valence-electron chi connectivity index (χ3n) is 5.74. The third kappa shape index (κ3) is 7.77. The summed E-state index contributed by atoms with van der Waals surface area (Å²) in [6.45, 7) is 7.68. The number of carbonyl (C=O) groups excluding carboxylic acids is 4. The van der Waals surface area contributed by atoms with Crippen LogP contribution in [0.1, 0.15) is 59.8 Å². The lowest BCUT2D eigenvalue weighted by molar-refractivity contribution is -0.149. The maximum absolute atomic E-state index is 13.0. The van der Waals surface area contributed by atoms with Gasteiger partial charge < -0.3 is 32.1 Å². The number of likely N-dealkylation sites (tertiary alicyclic amines) is 1. The lowest BCUT2D eigenvalue weighted by atomic mass is 9.97. The number of aliphatic carboxylic acids is 1.